The molecule has 5 aromatic carbocycles. The Morgan fingerprint density at radius 2 is 1.05 bits per heavy atom. The van der Waals surface area contributed by atoms with Gasteiger partial charge in [-0.2, -0.15) is 0 Å². The molecule has 0 spiro atoms. The second-order valence-electron chi connectivity index (χ2n) is 9.37. The summed E-state index contributed by atoms with van der Waals surface area (Å²) in [7, 11) is 0. The second kappa shape index (κ2) is 14.6. The minimum atomic E-state index is 0.785. The lowest BCUT2D eigenvalue weighted by molar-refractivity contribution is 1.32. The molecule has 1 aliphatic rings. The zero-order chi connectivity index (χ0) is 28.9. The largest absolute Gasteiger partial charge is 0.402 e. The Bertz CT molecular complexity index is 1740. The van der Waals surface area contributed by atoms with Gasteiger partial charge in [0.1, 0.15) is 0 Å². The van der Waals surface area contributed by atoms with Crippen molar-refractivity contribution in [2.24, 2.45) is 5.73 Å². The Kier molecular flexibility index (Phi) is 10.1. The standard InChI is InChI=1S/C26H19N.C7H11N.C6H4/c27-20-16-14-19(15-17-20)26-23-12-6-4-10-21(23)25(18-8-2-1-3-9-18)22-11-5-7-13-24(22)26;1-3-4-5-6-7(2)8;1-2-4-6-5-3-1/h1-17H,27H2;3-6H,1,8H2,2H3;1-4H/b;5-4-,7-6+;. The molecule has 1 aliphatic carbocycles. The molecule has 0 amide bonds. The Balaban J connectivity index is 0.000000229. The van der Waals surface area contributed by atoms with Crippen molar-refractivity contribution < 1.29 is 0 Å². The van der Waals surface area contributed by atoms with E-state index in [1.165, 1.54) is 43.8 Å². The van der Waals surface area contributed by atoms with Gasteiger partial charge in [-0.1, -0.05) is 139 Å². The average molecular weight is 531 g/mol. The molecule has 4 N–H and O–H groups in total. The number of nitrogen functional groups attached to an aromatic ring is 1. The number of nitrogens with two attached hydrogens (primary N) is 2. The maximum Gasteiger partial charge on any atom is 0.0314 e. The van der Waals surface area contributed by atoms with Gasteiger partial charge in [0.25, 0.3) is 0 Å². The summed E-state index contributed by atoms with van der Waals surface area (Å²) in [4.78, 5) is 0. The number of hydrogen-bond donors (Lipinski definition) is 2. The van der Waals surface area contributed by atoms with E-state index in [4.69, 9.17) is 11.5 Å². The van der Waals surface area contributed by atoms with Gasteiger partial charge in [0.05, 0.1) is 0 Å². The summed E-state index contributed by atoms with van der Waals surface area (Å²) in [5, 5.41) is 5.07. The topological polar surface area (TPSA) is 52.0 Å². The van der Waals surface area contributed by atoms with E-state index in [2.05, 4.69) is 109 Å². The summed E-state index contributed by atoms with van der Waals surface area (Å²) in [5.41, 5.74) is 23.4. The lowest BCUT2D eigenvalue weighted by Gasteiger charge is -2.17. The van der Waals surface area contributed by atoms with Crippen molar-refractivity contribution in [1.29, 1.82) is 0 Å². The Morgan fingerprint density at radius 3 is 1.44 bits per heavy atom. The zero-order valence-corrected chi connectivity index (χ0v) is 23.3. The molecule has 5 aromatic rings. The number of fused-ring (bicyclic) bond motifs is 2. The van der Waals surface area contributed by atoms with Crippen molar-refractivity contribution in [3.05, 3.63) is 175 Å². The molecule has 0 bridgehead atoms. The third-order valence-corrected chi connectivity index (χ3v) is 6.35. The van der Waals surface area contributed by atoms with Crippen LogP contribution in [0.3, 0.4) is 0 Å². The highest BCUT2D eigenvalue weighted by Crippen LogP contribution is 2.43. The van der Waals surface area contributed by atoms with Crippen LogP contribution < -0.4 is 11.5 Å². The predicted molar refractivity (Wildman–Crippen MR) is 179 cm³/mol. The van der Waals surface area contributed by atoms with Gasteiger partial charge in [0, 0.05) is 11.4 Å². The molecule has 0 radical (unpaired) electrons. The third-order valence-electron chi connectivity index (χ3n) is 6.35. The van der Waals surface area contributed by atoms with Crippen LogP contribution in [0, 0.1) is 0 Å². The van der Waals surface area contributed by atoms with Crippen LogP contribution in [0.4, 0.5) is 5.69 Å². The average Bonchev–Trinajstić information content (AvgIpc) is 3.02. The van der Waals surface area contributed by atoms with Crippen LogP contribution in [-0.4, -0.2) is 0 Å². The molecular formula is C39H34N2. The minimum Gasteiger partial charge on any atom is -0.402 e. The maximum absolute atomic E-state index is 5.93. The molecule has 0 aliphatic heterocycles. The summed E-state index contributed by atoms with van der Waals surface area (Å²) >= 11 is 0. The van der Waals surface area contributed by atoms with Crippen LogP contribution in [0.25, 0.3) is 43.8 Å². The van der Waals surface area contributed by atoms with Crippen molar-refractivity contribution in [2.75, 3.05) is 5.73 Å². The maximum atomic E-state index is 5.93. The molecule has 41 heavy (non-hydrogen) atoms. The molecule has 0 saturated heterocycles. The van der Waals surface area contributed by atoms with E-state index in [0.717, 1.165) is 11.4 Å². The van der Waals surface area contributed by atoms with Crippen LogP contribution in [0.2, 0.25) is 0 Å². The van der Waals surface area contributed by atoms with E-state index in [-0.39, 0.29) is 0 Å². The smallest absolute Gasteiger partial charge is 0.0314 e. The normalized spacial score (nSPS) is 11.7. The van der Waals surface area contributed by atoms with E-state index in [0.29, 0.717) is 0 Å². The Hall–Kier alpha value is -5.52. The molecule has 2 nitrogen and oxygen atoms in total. The van der Waals surface area contributed by atoms with Gasteiger partial charge < -0.3 is 11.5 Å². The molecule has 0 unspecified atom stereocenters. The van der Waals surface area contributed by atoms with Gasteiger partial charge in [0.15, 0.2) is 0 Å². The Morgan fingerprint density at radius 1 is 0.610 bits per heavy atom. The van der Waals surface area contributed by atoms with Gasteiger partial charge >= 0.3 is 0 Å². The SMILES string of the molecule is C1=C=CC=CC=1.C=C/C=C\C=C(/C)N.Nc1ccc(-c2c3ccccc3c(-c3ccccc3)c3ccccc23)cc1. The second-order valence-corrected chi connectivity index (χ2v) is 9.37. The quantitative estimate of drug-likeness (QED) is 0.105. The number of rotatable bonds is 4. The lowest BCUT2D eigenvalue weighted by atomic mass is 9.86. The Labute approximate surface area is 243 Å². The number of allylic oxidation sites excluding steroid dienone is 9. The van der Waals surface area contributed by atoms with Crippen molar-refractivity contribution in [3.63, 3.8) is 0 Å². The molecule has 200 valence electrons. The monoisotopic (exact) mass is 530 g/mol. The highest BCUT2D eigenvalue weighted by molar-refractivity contribution is 6.21. The molecule has 6 rings (SSSR count). The van der Waals surface area contributed by atoms with Crippen molar-refractivity contribution in [2.45, 2.75) is 6.92 Å². The summed E-state index contributed by atoms with van der Waals surface area (Å²) in [6.07, 6.45) is 14.7. The molecule has 0 saturated carbocycles. The van der Waals surface area contributed by atoms with Gasteiger partial charge in [-0.25, -0.2) is 0 Å². The van der Waals surface area contributed by atoms with E-state index in [1.807, 2.05) is 61.6 Å². The first-order valence-electron chi connectivity index (χ1n) is 13.5. The van der Waals surface area contributed by atoms with Crippen LogP contribution in [0.5, 0.6) is 0 Å². The summed E-state index contributed by atoms with van der Waals surface area (Å²) in [6.45, 7) is 5.34. The van der Waals surface area contributed by atoms with Crippen LogP contribution in [0.1, 0.15) is 6.92 Å². The lowest BCUT2D eigenvalue weighted by Crippen LogP contribution is -1.91. The molecule has 0 atom stereocenters. The van der Waals surface area contributed by atoms with E-state index in [9.17, 15) is 0 Å². The van der Waals surface area contributed by atoms with Crippen molar-refractivity contribution in [3.8, 4) is 22.3 Å². The molecule has 0 aromatic heterocycles. The zero-order valence-electron chi connectivity index (χ0n) is 23.3. The van der Waals surface area contributed by atoms with E-state index >= 15 is 0 Å². The number of hydrogen-bond acceptors (Lipinski definition) is 2. The summed E-state index contributed by atoms with van der Waals surface area (Å²) in [6, 6.07) is 36.2. The summed E-state index contributed by atoms with van der Waals surface area (Å²) < 4.78 is 0. The van der Waals surface area contributed by atoms with Crippen LogP contribution >= 0.6 is 0 Å². The summed E-state index contributed by atoms with van der Waals surface area (Å²) in [5.74, 6) is 0. The molecule has 0 heterocycles. The first kappa shape index (κ1) is 28.5. The van der Waals surface area contributed by atoms with Crippen molar-refractivity contribution >= 4 is 27.2 Å². The van der Waals surface area contributed by atoms with Gasteiger partial charge in [-0.3, -0.25) is 0 Å². The third kappa shape index (κ3) is 7.53. The van der Waals surface area contributed by atoms with E-state index in [1.54, 1.807) is 6.08 Å². The minimum absolute atomic E-state index is 0.785. The molecule has 2 heteroatoms. The number of anilines is 1. The first-order valence-corrected chi connectivity index (χ1v) is 13.5. The van der Waals surface area contributed by atoms with Crippen LogP contribution in [0.15, 0.2) is 175 Å². The molecular weight excluding hydrogens is 496 g/mol. The predicted octanol–water partition coefficient (Wildman–Crippen LogP) is 9.92. The highest BCUT2D eigenvalue weighted by atomic mass is 14.5. The molecule has 0 fully saturated rings. The number of benzene rings is 5. The van der Waals surface area contributed by atoms with Gasteiger partial charge in [-0.05, 0) is 81.1 Å². The van der Waals surface area contributed by atoms with Gasteiger partial charge in [-0.15, -0.1) is 0 Å². The highest BCUT2D eigenvalue weighted by Gasteiger charge is 2.15. The fraction of sp³-hybridized carbons (Fsp3) is 0.0256. The van der Waals surface area contributed by atoms with Gasteiger partial charge in [0.2, 0.25) is 0 Å². The fourth-order valence-electron chi connectivity index (χ4n) is 4.59. The van der Waals surface area contributed by atoms with Crippen molar-refractivity contribution in [1.82, 2.24) is 0 Å². The van der Waals surface area contributed by atoms with Crippen LogP contribution in [-0.2, 0) is 0 Å². The first-order chi connectivity index (χ1) is 20.1. The van der Waals surface area contributed by atoms with E-state index < -0.39 is 0 Å². The fourth-order valence-corrected chi connectivity index (χ4v) is 4.59.